The van der Waals surface area contributed by atoms with Gasteiger partial charge in [0.2, 0.25) is 5.91 Å². The van der Waals surface area contributed by atoms with Gasteiger partial charge >= 0.3 is 6.03 Å². The standard InChI is InChI=1S/C40H41ClF2N12O4.C5H10O/c1-22-12-23(13-30(34(22)41)54-10-7-33(56)49-38(54)59)37(58)52-11-8-39(40(42,43)21-52)19-51(20-39)18-24-15-47-28(16-46-24)25-4-3-5-29-26(25)6-9-53(29)32-14-27(45-2)36-48-17-31(35(44)57)55(36)50-32;1-6-5-3-2-4-5/h3-5,12-17,32,45,50H,6-11,18-21H2,1-2H3,(H2,44,57)(H,49,56,59);5H,2-4H2,1H3. The number of rotatable bonds is 9. The van der Waals surface area contributed by atoms with Crippen LogP contribution < -0.4 is 31.6 Å². The molecule has 6 aliphatic rings. The largest absolute Gasteiger partial charge is 0.385 e. The molecule has 17 nitrogen and oxygen atoms in total. The van der Waals surface area contributed by atoms with Crippen LogP contribution in [0.1, 0.15) is 75.6 Å². The maximum absolute atomic E-state index is 16.0. The van der Waals surface area contributed by atoms with Gasteiger partial charge in [0.05, 0.1) is 64.4 Å². The van der Waals surface area contributed by atoms with Crippen LogP contribution in [0.3, 0.4) is 0 Å². The second kappa shape index (κ2) is 17.3. The maximum atomic E-state index is 16.0. The average molecular weight is 913 g/mol. The topological polar surface area (TPSA) is 196 Å². The van der Waals surface area contributed by atoms with E-state index in [0.29, 0.717) is 42.0 Å². The number of halogens is 3. The first-order chi connectivity index (χ1) is 31.2. The van der Waals surface area contributed by atoms with Gasteiger partial charge in [-0.3, -0.25) is 44.9 Å². The molecule has 65 heavy (non-hydrogen) atoms. The van der Waals surface area contributed by atoms with Crippen molar-refractivity contribution >= 4 is 52.4 Å². The van der Waals surface area contributed by atoms with Gasteiger partial charge in [0, 0.05) is 76.7 Å². The van der Waals surface area contributed by atoms with Gasteiger partial charge in [0.1, 0.15) is 11.9 Å². The van der Waals surface area contributed by atoms with Crippen molar-refractivity contribution in [2.24, 2.45) is 11.1 Å². The number of fused-ring (bicyclic) bond motifs is 2. The quantitative estimate of drug-likeness (QED) is 0.184. The van der Waals surface area contributed by atoms with E-state index in [9.17, 15) is 19.2 Å². The minimum Gasteiger partial charge on any atom is -0.385 e. The Morgan fingerprint density at radius 2 is 1.82 bits per heavy atom. The first-order valence-electron chi connectivity index (χ1n) is 21.8. The number of imidazole rings is 1. The van der Waals surface area contributed by atoms with Crippen LogP contribution in [0.2, 0.25) is 5.02 Å². The number of likely N-dealkylation sites (tertiary alicyclic amines) is 2. The minimum atomic E-state index is -3.14. The highest BCUT2D eigenvalue weighted by Gasteiger charge is 2.63. The highest BCUT2D eigenvalue weighted by Crippen LogP contribution is 2.51. The summed E-state index contributed by atoms with van der Waals surface area (Å²) in [5.74, 6) is -4.16. The molecule has 4 fully saturated rings. The van der Waals surface area contributed by atoms with E-state index in [-0.39, 0.29) is 67.2 Å². The molecule has 1 saturated carbocycles. The van der Waals surface area contributed by atoms with Crippen molar-refractivity contribution in [2.75, 3.05) is 68.7 Å². The predicted octanol–water partition coefficient (Wildman–Crippen LogP) is 4.52. The molecule has 1 unspecified atom stereocenters. The summed E-state index contributed by atoms with van der Waals surface area (Å²) < 4.78 is 38.6. The van der Waals surface area contributed by atoms with Crippen LogP contribution in [0.15, 0.2) is 55.0 Å². The number of piperidine rings is 1. The molecule has 4 aromatic rings. The second-order valence-electron chi connectivity index (χ2n) is 17.5. The van der Waals surface area contributed by atoms with Gasteiger partial charge in [-0.1, -0.05) is 23.7 Å². The molecule has 1 aliphatic carbocycles. The molecule has 0 radical (unpaired) electrons. The molecule has 3 saturated heterocycles. The monoisotopic (exact) mass is 912 g/mol. The van der Waals surface area contributed by atoms with Gasteiger partial charge in [0.15, 0.2) is 5.82 Å². The summed E-state index contributed by atoms with van der Waals surface area (Å²) in [5, 5.41) is 5.65. The lowest BCUT2D eigenvalue weighted by Crippen LogP contribution is -2.70. The van der Waals surface area contributed by atoms with E-state index < -0.39 is 41.6 Å². The SMILES string of the molecule is CNC1=CC(N2CCc3c(-c4cnc(CN5CC6(CCN(C(=O)c7cc(C)c(Cl)c(N8CCC(=O)NC8=O)c7)CC6(F)F)C5)cn4)cccc32)Nn2c(C(N)=O)cnc21.COC1CCC1. The van der Waals surface area contributed by atoms with E-state index in [0.717, 1.165) is 28.9 Å². The number of amides is 5. The van der Waals surface area contributed by atoms with Crippen LogP contribution in [0.5, 0.6) is 0 Å². The van der Waals surface area contributed by atoms with Crippen LogP contribution in [0.4, 0.5) is 25.0 Å². The van der Waals surface area contributed by atoms with Gasteiger partial charge < -0.3 is 25.6 Å². The predicted molar refractivity (Wildman–Crippen MR) is 239 cm³/mol. The molecular weight excluding hydrogens is 862 g/mol. The van der Waals surface area contributed by atoms with Crippen molar-refractivity contribution in [1.29, 1.82) is 0 Å². The van der Waals surface area contributed by atoms with Crippen molar-refractivity contribution in [3.8, 4) is 11.3 Å². The Kier molecular flexibility index (Phi) is 11.7. The molecule has 5 aliphatic heterocycles. The molecule has 0 bridgehead atoms. The van der Waals surface area contributed by atoms with Gasteiger partial charge in [-0.15, -0.1) is 0 Å². The number of imide groups is 1. The highest BCUT2D eigenvalue weighted by molar-refractivity contribution is 6.35. The lowest BCUT2D eigenvalue weighted by atomic mass is 9.69. The summed E-state index contributed by atoms with van der Waals surface area (Å²) in [4.78, 5) is 70.3. The summed E-state index contributed by atoms with van der Waals surface area (Å²) in [6.45, 7) is 2.54. The lowest BCUT2D eigenvalue weighted by molar-refractivity contribution is -0.220. The van der Waals surface area contributed by atoms with Gasteiger partial charge in [-0.2, -0.15) is 0 Å². The number of alkyl halides is 2. The Balaban J connectivity index is 0.000000823. The summed E-state index contributed by atoms with van der Waals surface area (Å²) in [6, 6.07) is 8.33. The smallest absolute Gasteiger partial charge is 0.328 e. The molecule has 5 N–H and O–H groups in total. The zero-order valence-corrected chi connectivity index (χ0v) is 37.1. The number of urea groups is 1. The van der Waals surface area contributed by atoms with Crippen LogP contribution in [-0.2, 0) is 22.5 Å². The van der Waals surface area contributed by atoms with Gasteiger partial charge in [-0.05, 0) is 74.4 Å². The number of carbonyl (C=O) groups is 4. The number of nitrogens with one attached hydrogen (secondary N) is 3. The van der Waals surface area contributed by atoms with Crippen LogP contribution in [-0.4, -0.2) is 125 Å². The third-order valence-corrected chi connectivity index (χ3v) is 13.9. The van der Waals surface area contributed by atoms with Crippen molar-refractivity contribution in [3.05, 3.63) is 93.9 Å². The number of aromatic nitrogens is 4. The molecular formula is C45H51ClF2N12O5. The number of primary amides is 1. The van der Waals surface area contributed by atoms with Gasteiger partial charge in [-0.25, -0.2) is 23.2 Å². The number of carbonyl (C=O) groups excluding carboxylic acids is 4. The molecule has 1 spiro atoms. The van der Waals surface area contributed by atoms with Gasteiger partial charge in [0.25, 0.3) is 17.7 Å². The Hall–Kier alpha value is -6.18. The van der Waals surface area contributed by atoms with Crippen molar-refractivity contribution in [3.63, 3.8) is 0 Å². The molecule has 10 rings (SSSR count). The summed E-state index contributed by atoms with van der Waals surface area (Å²) >= 11 is 6.50. The van der Waals surface area contributed by atoms with Crippen molar-refractivity contribution in [2.45, 2.75) is 70.2 Å². The fourth-order valence-electron chi connectivity index (χ4n) is 9.55. The zero-order valence-electron chi connectivity index (χ0n) is 36.4. The average Bonchev–Trinajstić information content (AvgIpc) is 3.90. The Labute approximate surface area is 379 Å². The normalized spacial score (nSPS) is 20.9. The Bertz CT molecular complexity index is 2570. The van der Waals surface area contributed by atoms with E-state index in [1.807, 2.05) is 29.2 Å². The summed E-state index contributed by atoms with van der Waals surface area (Å²) in [5.41, 5.74) is 14.0. The number of methoxy groups -OCH3 is 1. The van der Waals surface area contributed by atoms with Crippen molar-refractivity contribution < 1.29 is 32.7 Å². The van der Waals surface area contributed by atoms with Crippen molar-refractivity contribution in [1.82, 2.24) is 40.1 Å². The minimum absolute atomic E-state index is 0.0670. The number of benzene rings is 2. The molecule has 7 heterocycles. The Morgan fingerprint density at radius 1 is 1.02 bits per heavy atom. The van der Waals surface area contributed by atoms with E-state index >= 15 is 8.78 Å². The number of nitrogens with zero attached hydrogens (tertiary/aromatic N) is 8. The Morgan fingerprint density at radius 3 is 2.46 bits per heavy atom. The van der Waals surface area contributed by atoms with Crippen LogP contribution in [0, 0.1) is 12.3 Å². The van der Waals surface area contributed by atoms with Crippen LogP contribution >= 0.6 is 11.6 Å². The van der Waals surface area contributed by atoms with E-state index in [4.69, 9.17) is 27.1 Å². The first-order valence-corrected chi connectivity index (χ1v) is 22.1. The summed E-state index contributed by atoms with van der Waals surface area (Å²) in [7, 11) is 3.58. The van der Waals surface area contributed by atoms with Crippen LogP contribution in [0.25, 0.3) is 17.0 Å². The molecule has 5 amide bonds. The first kappa shape index (κ1) is 44.0. The third kappa shape index (κ3) is 8.13. The van der Waals surface area contributed by atoms with E-state index in [2.05, 4.69) is 30.9 Å². The number of hydrogen-bond donors (Lipinski definition) is 4. The molecule has 20 heteroatoms. The fraction of sp³-hybridized carbons (Fsp3) is 0.444. The lowest BCUT2D eigenvalue weighted by Gasteiger charge is -2.57. The number of hydrogen-bond acceptors (Lipinski definition) is 12. The number of anilines is 2. The zero-order chi connectivity index (χ0) is 45.8. The fourth-order valence-corrected chi connectivity index (χ4v) is 9.76. The number of ether oxygens (including phenoxy) is 1. The third-order valence-electron chi connectivity index (χ3n) is 13.5. The molecule has 2 aromatic heterocycles. The van der Waals surface area contributed by atoms with E-state index in [1.54, 1.807) is 38.2 Å². The maximum Gasteiger partial charge on any atom is 0.328 e. The molecule has 2 aromatic carbocycles. The molecule has 342 valence electrons. The highest BCUT2D eigenvalue weighted by atomic mass is 35.5. The van der Waals surface area contributed by atoms with E-state index in [1.165, 1.54) is 47.4 Å². The summed E-state index contributed by atoms with van der Waals surface area (Å²) in [6.07, 6.45) is 12.1. The number of aryl methyl sites for hydroxylation is 1. The number of nitrogens with two attached hydrogens (primary N) is 1. The second-order valence-corrected chi connectivity index (χ2v) is 17.9. The molecule has 1 atom stereocenters.